The van der Waals surface area contributed by atoms with Crippen molar-refractivity contribution in [3.05, 3.63) is 29.3 Å². The number of ether oxygens (including phenoxy) is 2. The molecule has 1 heterocycles. The van der Waals surface area contributed by atoms with E-state index in [1.165, 1.54) is 11.3 Å². The van der Waals surface area contributed by atoms with Gasteiger partial charge in [0.2, 0.25) is 11.0 Å². The molecule has 0 saturated heterocycles. The maximum atomic E-state index is 11.9. The molecule has 0 aliphatic heterocycles. The van der Waals surface area contributed by atoms with Crippen molar-refractivity contribution in [3.63, 3.8) is 0 Å². The lowest BCUT2D eigenvalue weighted by Gasteiger charge is -2.18. The van der Waals surface area contributed by atoms with Crippen molar-refractivity contribution in [1.82, 2.24) is 15.1 Å². The molecular weight excluding hydrogens is 304 g/mol. The van der Waals surface area contributed by atoms with Crippen molar-refractivity contribution in [2.24, 2.45) is 0 Å². The highest BCUT2D eigenvalue weighted by molar-refractivity contribution is 7.13. The highest BCUT2D eigenvalue weighted by atomic mass is 32.1. The van der Waals surface area contributed by atoms with Crippen LogP contribution in [0.1, 0.15) is 5.56 Å². The lowest BCUT2D eigenvalue weighted by Crippen LogP contribution is -2.30. The molecule has 1 amide bonds. The SMILES string of the molecule is COc1cccc(CN(C)CC(=O)Nc2nncs2)c1OC. The first-order valence-corrected chi connectivity index (χ1v) is 7.46. The number of hydrogen-bond acceptors (Lipinski definition) is 7. The number of nitrogens with one attached hydrogen (secondary N) is 1. The summed E-state index contributed by atoms with van der Waals surface area (Å²) < 4.78 is 10.7. The molecule has 1 N–H and O–H groups in total. The Labute approximate surface area is 132 Å². The van der Waals surface area contributed by atoms with Crippen LogP contribution in [0.2, 0.25) is 0 Å². The summed E-state index contributed by atoms with van der Waals surface area (Å²) in [5.74, 6) is 1.22. The summed E-state index contributed by atoms with van der Waals surface area (Å²) in [4.78, 5) is 13.8. The fraction of sp³-hybridized carbons (Fsp3) is 0.357. The number of rotatable bonds is 7. The van der Waals surface area contributed by atoms with Gasteiger partial charge < -0.3 is 9.47 Å². The maximum absolute atomic E-state index is 11.9. The van der Waals surface area contributed by atoms with E-state index in [2.05, 4.69) is 15.5 Å². The van der Waals surface area contributed by atoms with Crippen LogP contribution in [0.5, 0.6) is 11.5 Å². The number of amides is 1. The molecule has 0 bridgehead atoms. The fourth-order valence-corrected chi connectivity index (χ4v) is 2.52. The molecule has 1 aromatic carbocycles. The van der Waals surface area contributed by atoms with Crippen LogP contribution < -0.4 is 14.8 Å². The van der Waals surface area contributed by atoms with Gasteiger partial charge in [-0.05, 0) is 13.1 Å². The van der Waals surface area contributed by atoms with Crippen LogP contribution in [0, 0.1) is 0 Å². The molecule has 0 fully saturated rings. The molecule has 0 unspecified atom stereocenters. The summed E-state index contributed by atoms with van der Waals surface area (Å²) in [6.45, 7) is 0.795. The van der Waals surface area contributed by atoms with Crippen molar-refractivity contribution in [3.8, 4) is 11.5 Å². The van der Waals surface area contributed by atoms with Gasteiger partial charge in [0.15, 0.2) is 11.5 Å². The number of carbonyl (C=O) groups excluding carboxylic acids is 1. The predicted molar refractivity (Wildman–Crippen MR) is 84.4 cm³/mol. The van der Waals surface area contributed by atoms with E-state index < -0.39 is 0 Å². The summed E-state index contributed by atoms with van der Waals surface area (Å²) in [5.41, 5.74) is 2.52. The summed E-state index contributed by atoms with van der Waals surface area (Å²) in [5, 5.41) is 10.6. The predicted octanol–water partition coefficient (Wildman–Crippen LogP) is 1.63. The Balaban J connectivity index is 1.97. The van der Waals surface area contributed by atoms with Crippen LogP contribution in [-0.2, 0) is 11.3 Å². The molecule has 0 atom stereocenters. The van der Waals surface area contributed by atoms with E-state index in [1.54, 1.807) is 19.7 Å². The minimum absolute atomic E-state index is 0.138. The second-order valence-electron chi connectivity index (χ2n) is 4.62. The van der Waals surface area contributed by atoms with Gasteiger partial charge in [0.25, 0.3) is 0 Å². The first kappa shape index (κ1) is 16.2. The second kappa shape index (κ2) is 7.71. The van der Waals surface area contributed by atoms with Crippen LogP contribution in [0.4, 0.5) is 5.13 Å². The average molecular weight is 322 g/mol. The molecule has 2 rings (SSSR count). The fourth-order valence-electron chi connectivity index (χ4n) is 2.06. The molecule has 8 heteroatoms. The standard InChI is InChI=1S/C14H18N4O3S/c1-18(8-12(19)16-14-17-15-9-22-14)7-10-5-4-6-11(20-2)13(10)21-3/h4-6,9H,7-8H2,1-3H3,(H,16,17,19). The van der Waals surface area contributed by atoms with Gasteiger partial charge in [-0.25, -0.2) is 0 Å². The molecule has 2 aromatic rings. The van der Waals surface area contributed by atoms with Crippen LogP contribution in [-0.4, -0.2) is 48.8 Å². The van der Waals surface area contributed by atoms with Crippen LogP contribution in [0.15, 0.2) is 23.7 Å². The number of nitrogens with zero attached hydrogens (tertiary/aromatic N) is 3. The van der Waals surface area contributed by atoms with E-state index in [-0.39, 0.29) is 12.5 Å². The van der Waals surface area contributed by atoms with E-state index in [0.29, 0.717) is 23.2 Å². The molecular formula is C14H18N4O3S. The number of methoxy groups -OCH3 is 2. The van der Waals surface area contributed by atoms with E-state index in [1.807, 2.05) is 30.1 Å². The number of likely N-dealkylation sites (N-methyl/N-ethyl adjacent to an activating group) is 1. The van der Waals surface area contributed by atoms with Gasteiger partial charge >= 0.3 is 0 Å². The van der Waals surface area contributed by atoms with Gasteiger partial charge in [-0.15, -0.1) is 10.2 Å². The number of hydrogen-bond donors (Lipinski definition) is 1. The Morgan fingerprint density at radius 1 is 1.36 bits per heavy atom. The lowest BCUT2D eigenvalue weighted by molar-refractivity contribution is -0.117. The normalized spacial score (nSPS) is 10.5. The zero-order valence-electron chi connectivity index (χ0n) is 12.7. The molecule has 118 valence electrons. The molecule has 0 aliphatic carbocycles. The maximum Gasteiger partial charge on any atom is 0.240 e. The molecule has 0 spiro atoms. The Morgan fingerprint density at radius 2 is 2.18 bits per heavy atom. The average Bonchev–Trinajstić information content (AvgIpc) is 2.99. The zero-order chi connectivity index (χ0) is 15.9. The third-order valence-corrected chi connectivity index (χ3v) is 3.55. The zero-order valence-corrected chi connectivity index (χ0v) is 13.5. The minimum Gasteiger partial charge on any atom is -0.493 e. The molecule has 0 saturated carbocycles. The van der Waals surface area contributed by atoms with Gasteiger partial charge in [-0.1, -0.05) is 23.5 Å². The molecule has 7 nitrogen and oxygen atoms in total. The van der Waals surface area contributed by atoms with Crippen molar-refractivity contribution in [2.45, 2.75) is 6.54 Å². The van der Waals surface area contributed by atoms with Crippen LogP contribution in [0.3, 0.4) is 0 Å². The first-order valence-electron chi connectivity index (χ1n) is 6.58. The Kier molecular flexibility index (Phi) is 5.68. The Bertz CT molecular complexity index is 619. The van der Waals surface area contributed by atoms with Crippen molar-refractivity contribution in [1.29, 1.82) is 0 Å². The second-order valence-corrected chi connectivity index (χ2v) is 5.45. The third-order valence-electron chi connectivity index (χ3n) is 2.94. The first-order chi connectivity index (χ1) is 10.6. The van der Waals surface area contributed by atoms with E-state index in [4.69, 9.17) is 9.47 Å². The molecule has 0 radical (unpaired) electrons. The summed E-state index contributed by atoms with van der Waals surface area (Å²) >= 11 is 1.28. The van der Waals surface area contributed by atoms with Crippen LogP contribution in [0.25, 0.3) is 0 Å². The van der Waals surface area contributed by atoms with Crippen LogP contribution >= 0.6 is 11.3 Å². The number of benzene rings is 1. The van der Waals surface area contributed by atoms with Crippen molar-refractivity contribution >= 4 is 22.4 Å². The van der Waals surface area contributed by atoms with E-state index in [0.717, 1.165) is 5.56 Å². The van der Waals surface area contributed by atoms with Crippen molar-refractivity contribution < 1.29 is 14.3 Å². The van der Waals surface area contributed by atoms with Crippen molar-refractivity contribution in [2.75, 3.05) is 33.1 Å². The lowest BCUT2D eigenvalue weighted by atomic mass is 10.1. The van der Waals surface area contributed by atoms with Gasteiger partial charge in [0, 0.05) is 12.1 Å². The summed E-state index contributed by atoms with van der Waals surface area (Å²) in [6, 6.07) is 5.68. The molecule has 1 aromatic heterocycles. The number of aromatic nitrogens is 2. The third kappa shape index (κ3) is 4.15. The Morgan fingerprint density at radius 3 is 2.82 bits per heavy atom. The van der Waals surface area contributed by atoms with E-state index in [9.17, 15) is 4.79 Å². The highest BCUT2D eigenvalue weighted by Crippen LogP contribution is 2.31. The van der Waals surface area contributed by atoms with Gasteiger partial charge in [-0.2, -0.15) is 0 Å². The van der Waals surface area contributed by atoms with Gasteiger partial charge in [0.05, 0.1) is 20.8 Å². The Hall–Kier alpha value is -2.19. The topological polar surface area (TPSA) is 76.6 Å². The number of para-hydroxylation sites is 1. The van der Waals surface area contributed by atoms with Gasteiger partial charge in [-0.3, -0.25) is 15.0 Å². The summed E-state index contributed by atoms with van der Waals surface area (Å²) in [7, 11) is 5.06. The minimum atomic E-state index is -0.138. The highest BCUT2D eigenvalue weighted by Gasteiger charge is 2.14. The van der Waals surface area contributed by atoms with E-state index >= 15 is 0 Å². The molecule has 22 heavy (non-hydrogen) atoms. The molecule has 0 aliphatic rings. The smallest absolute Gasteiger partial charge is 0.240 e. The largest absolute Gasteiger partial charge is 0.493 e. The number of carbonyl (C=O) groups is 1. The monoisotopic (exact) mass is 322 g/mol. The quantitative estimate of drug-likeness (QED) is 0.835. The van der Waals surface area contributed by atoms with Gasteiger partial charge in [0.1, 0.15) is 5.51 Å². The summed E-state index contributed by atoms with van der Waals surface area (Å²) in [6.07, 6.45) is 0. The number of anilines is 1.